The first-order valence-corrected chi connectivity index (χ1v) is 6.09. The first kappa shape index (κ1) is 12.9. The largest absolute Gasteiger partial charge is 0.506 e. The summed E-state index contributed by atoms with van der Waals surface area (Å²) in [6.45, 7) is 1.86. The quantitative estimate of drug-likeness (QED) is 0.863. The first-order valence-electron chi connectivity index (χ1n) is 5.17. The van der Waals surface area contributed by atoms with Gasteiger partial charge in [0, 0.05) is 11.1 Å². The summed E-state index contributed by atoms with van der Waals surface area (Å²) in [6.07, 6.45) is 0. The molecule has 1 heterocycles. The zero-order valence-corrected chi connectivity index (χ0v) is 11.0. The lowest BCUT2D eigenvalue weighted by Gasteiger charge is -2.08. The van der Waals surface area contributed by atoms with Crippen molar-refractivity contribution < 1.29 is 5.11 Å². The number of hydrogen-bond acceptors (Lipinski definition) is 3. The molecule has 0 atom stereocenters. The van der Waals surface area contributed by atoms with Gasteiger partial charge in [-0.15, -0.1) is 11.6 Å². The minimum Gasteiger partial charge on any atom is -0.506 e. The molecule has 2 aromatic rings. The Morgan fingerprint density at radius 3 is 2.72 bits per heavy atom. The fraction of sp³-hybridized carbons (Fsp3) is 0.167. The van der Waals surface area contributed by atoms with E-state index in [2.05, 4.69) is 5.10 Å². The van der Waals surface area contributed by atoms with Gasteiger partial charge in [0.05, 0.1) is 11.6 Å². The molecule has 2 rings (SSSR count). The highest BCUT2D eigenvalue weighted by atomic mass is 35.5. The van der Waals surface area contributed by atoms with Gasteiger partial charge < -0.3 is 5.11 Å². The van der Waals surface area contributed by atoms with E-state index < -0.39 is 5.56 Å². The number of aromatic nitrogens is 2. The van der Waals surface area contributed by atoms with Crippen LogP contribution in [-0.4, -0.2) is 14.9 Å². The molecular weight excluding hydrogens is 275 g/mol. The number of halogens is 2. The predicted octanol–water partition coefficient (Wildman–Crippen LogP) is 2.64. The monoisotopic (exact) mass is 284 g/mol. The standard InChI is InChI=1S/C12H10Cl2N2O2/c1-7-2-3-8(4-9(7)14)16-12(18)5-11(17)10(6-13)15-16/h2-5,17H,6H2,1H3. The lowest BCUT2D eigenvalue weighted by molar-refractivity contribution is 0.460. The summed E-state index contributed by atoms with van der Waals surface area (Å²) in [4.78, 5) is 11.8. The van der Waals surface area contributed by atoms with Crippen LogP contribution in [0.2, 0.25) is 5.02 Å². The summed E-state index contributed by atoms with van der Waals surface area (Å²) in [5, 5.41) is 14.0. The Kier molecular flexibility index (Phi) is 3.59. The third-order valence-electron chi connectivity index (χ3n) is 2.51. The van der Waals surface area contributed by atoms with Crippen molar-refractivity contribution in [3.63, 3.8) is 0 Å². The summed E-state index contributed by atoms with van der Waals surface area (Å²) < 4.78 is 1.16. The Balaban J connectivity index is 2.63. The van der Waals surface area contributed by atoms with E-state index >= 15 is 0 Å². The van der Waals surface area contributed by atoms with Gasteiger partial charge in [-0.3, -0.25) is 4.79 Å². The van der Waals surface area contributed by atoms with Crippen LogP contribution in [0.25, 0.3) is 5.69 Å². The van der Waals surface area contributed by atoms with Crippen molar-refractivity contribution in [2.45, 2.75) is 12.8 Å². The van der Waals surface area contributed by atoms with Gasteiger partial charge in [-0.05, 0) is 24.6 Å². The lowest BCUT2D eigenvalue weighted by Crippen LogP contribution is -2.21. The van der Waals surface area contributed by atoms with E-state index in [1.807, 2.05) is 6.92 Å². The Bertz CT molecular complexity index is 653. The van der Waals surface area contributed by atoms with Gasteiger partial charge in [-0.1, -0.05) is 17.7 Å². The zero-order valence-electron chi connectivity index (χ0n) is 9.52. The molecule has 0 amide bonds. The van der Waals surface area contributed by atoms with E-state index in [1.165, 1.54) is 0 Å². The van der Waals surface area contributed by atoms with E-state index in [1.54, 1.807) is 18.2 Å². The maximum Gasteiger partial charge on any atom is 0.275 e. The third kappa shape index (κ3) is 2.35. The second kappa shape index (κ2) is 5.00. The van der Waals surface area contributed by atoms with E-state index in [0.29, 0.717) is 10.7 Å². The van der Waals surface area contributed by atoms with Gasteiger partial charge in [0.25, 0.3) is 5.56 Å². The smallest absolute Gasteiger partial charge is 0.275 e. The summed E-state index contributed by atoms with van der Waals surface area (Å²) in [5.41, 5.74) is 1.24. The first-order chi connectivity index (χ1) is 8.52. The minimum atomic E-state index is -0.443. The molecule has 0 aliphatic rings. The Morgan fingerprint density at radius 1 is 1.39 bits per heavy atom. The minimum absolute atomic E-state index is 0.0196. The Morgan fingerprint density at radius 2 is 2.11 bits per heavy atom. The summed E-state index contributed by atoms with van der Waals surface area (Å²) in [7, 11) is 0. The van der Waals surface area contributed by atoms with Crippen molar-refractivity contribution in [3.05, 3.63) is 50.9 Å². The van der Waals surface area contributed by atoms with Crippen molar-refractivity contribution in [1.82, 2.24) is 9.78 Å². The van der Waals surface area contributed by atoms with Gasteiger partial charge >= 0.3 is 0 Å². The molecule has 0 radical (unpaired) electrons. The van der Waals surface area contributed by atoms with Crippen LogP contribution < -0.4 is 5.56 Å². The molecule has 1 aromatic heterocycles. The molecule has 1 aromatic carbocycles. The van der Waals surface area contributed by atoms with Crippen molar-refractivity contribution in [2.24, 2.45) is 0 Å². The highest BCUT2D eigenvalue weighted by Crippen LogP contribution is 2.19. The number of hydrogen-bond donors (Lipinski definition) is 1. The van der Waals surface area contributed by atoms with Crippen molar-refractivity contribution in [1.29, 1.82) is 0 Å². The molecule has 0 fully saturated rings. The normalized spacial score (nSPS) is 10.6. The van der Waals surface area contributed by atoms with Gasteiger partial charge in [-0.2, -0.15) is 9.78 Å². The fourth-order valence-corrected chi connectivity index (χ4v) is 1.84. The number of aryl methyl sites for hydroxylation is 1. The Labute approximate surface area is 113 Å². The average molecular weight is 285 g/mol. The number of alkyl halides is 1. The van der Waals surface area contributed by atoms with Gasteiger partial charge in [0.2, 0.25) is 0 Å². The number of nitrogens with zero attached hydrogens (tertiary/aromatic N) is 2. The van der Waals surface area contributed by atoms with Crippen LogP contribution in [0.15, 0.2) is 29.1 Å². The van der Waals surface area contributed by atoms with Crippen molar-refractivity contribution in [3.8, 4) is 11.4 Å². The second-order valence-corrected chi connectivity index (χ2v) is 4.47. The molecule has 6 heteroatoms. The second-order valence-electron chi connectivity index (χ2n) is 3.79. The van der Waals surface area contributed by atoms with Gasteiger partial charge in [0.15, 0.2) is 0 Å². The van der Waals surface area contributed by atoms with Crippen molar-refractivity contribution >= 4 is 23.2 Å². The van der Waals surface area contributed by atoms with E-state index in [-0.39, 0.29) is 17.3 Å². The van der Waals surface area contributed by atoms with Crippen molar-refractivity contribution in [2.75, 3.05) is 0 Å². The molecule has 4 nitrogen and oxygen atoms in total. The molecular formula is C12H10Cl2N2O2. The van der Waals surface area contributed by atoms with Crippen LogP contribution in [0.3, 0.4) is 0 Å². The summed E-state index contributed by atoms with van der Waals surface area (Å²) >= 11 is 11.6. The molecule has 0 spiro atoms. The zero-order chi connectivity index (χ0) is 13.3. The van der Waals surface area contributed by atoms with E-state index in [9.17, 15) is 9.90 Å². The molecule has 1 N–H and O–H groups in total. The molecule has 0 aliphatic heterocycles. The van der Waals surface area contributed by atoms with Crippen LogP contribution in [0.1, 0.15) is 11.3 Å². The molecule has 0 unspecified atom stereocenters. The molecule has 0 saturated carbocycles. The summed E-state index contributed by atoms with van der Waals surface area (Å²) in [6, 6.07) is 6.24. The number of aromatic hydroxyl groups is 1. The number of benzene rings is 1. The maximum atomic E-state index is 11.8. The van der Waals surface area contributed by atoms with Crippen LogP contribution in [0.5, 0.6) is 5.75 Å². The Hall–Kier alpha value is -1.52. The van der Waals surface area contributed by atoms with Gasteiger partial charge in [0.1, 0.15) is 11.4 Å². The maximum absolute atomic E-state index is 11.8. The van der Waals surface area contributed by atoms with Crippen LogP contribution >= 0.6 is 23.2 Å². The van der Waals surface area contributed by atoms with Crippen LogP contribution in [-0.2, 0) is 5.88 Å². The van der Waals surface area contributed by atoms with Crippen LogP contribution in [0, 0.1) is 6.92 Å². The number of rotatable bonds is 2. The average Bonchev–Trinajstić information content (AvgIpc) is 2.33. The molecule has 0 bridgehead atoms. The molecule has 18 heavy (non-hydrogen) atoms. The highest BCUT2D eigenvalue weighted by Gasteiger charge is 2.09. The lowest BCUT2D eigenvalue weighted by atomic mass is 10.2. The van der Waals surface area contributed by atoms with Gasteiger partial charge in [-0.25, -0.2) is 0 Å². The van der Waals surface area contributed by atoms with E-state index in [0.717, 1.165) is 16.3 Å². The SMILES string of the molecule is Cc1ccc(-n2nc(CCl)c(O)cc2=O)cc1Cl. The molecule has 0 aliphatic carbocycles. The van der Waals surface area contributed by atoms with Crippen LogP contribution in [0.4, 0.5) is 0 Å². The highest BCUT2D eigenvalue weighted by molar-refractivity contribution is 6.31. The summed E-state index contributed by atoms with van der Waals surface area (Å²) in [5.74, 6) is -0.185. The topological polar surface area (TPSA) is 55.1 Å². The predicted molar refractivity (Wildman–Crippen MR) is 70.8 cm³/mol. The fourth-order valence-electron chi connectivity index (χ4n) is 1.48. The molecule has 94 valence electrons. The molecule has 0 saturated heterocycles. The third-order valence-corrected chi connectivity index (χ3v) is 3.17. The van der Waals surface area contributed by atoms with E-state index in [4.69, 9.17) is 23.2 Å².